The van der Waals surface area contributed by atoms with Crippen LogP contribution in [0.5, 0.6) is 0 Å². The summed E-state index contributed by atoms with van der Waals surface area (Å²) in [4.78, 5) is 15.3. The summed E-state index contributed by atoms with van der Waals surface area (Å²) in [5.74, 6) is 1.78. The maximum absolute atomic E-state index is 6.65. The molecule has 4 aromatic heterocycles. The van der Waals surface area contributed by atoms with E-state index in [1.165, 1.54) is 20.2 Å². The highest BCUT2D eigenvalue weighted by Gasteiger charge is 2.22. The van der Waals surface area contributed by atoms with Gasteiger partial charge in [0, 0.05) is 52.8 Å². The summed E-state index contributed by atoms with van der Waals surface area (Å²) in [5, 5.41) is 6.77. The summed E-state index contributed by atoms with van der Waals surface area (Å²) < 4.78 is 15.2. The zero-order chi connectivity index (χ0) is 33.5. The molecule has 51 heavy (non-hydrogen) atoms. The standard InChI is InChI=1S/C45H25N3O2S/c1-2-10-27(11-3-1)43-46-44(28-20-18-26(19-21-28)29-22-23-38-33(24-29)30-12-4-7-15-36(30)49-38)48-45(47-43)35-25-34-31-13-6-9-17-39(31)51-42(34)40-32-14-5-8-16-37(32)50-41(35)40/h1-25H. The Morgan fingerprint density at radius 3 is 1.78 bits per heavy atom. The molecule has 4 heterocycles. The minimum absolute atomic E-state index is 0.571. The number of hydrogen-bond acceptors (Lipinski definition) is 6. The fourth-order valence-electron chi connectivity index (χ4n) is 7.29. The van der Waals surface area contributed by atoms with Gasteiger partial charge in [-0.05, 0) is 47.5 Å². The number of rotatable bonds is 4. The summed E-state index contributed by atoms with van der Waals surface area (Å²) >= 11 is 1.80. The number of nitrogens with zero attached hydrogens (tertiary/aromatic N) is 3. The Hall–Kier alpha value is -6.63. The first-order valence-electron chi connectivity index (χ1n) is 16.8. The van der Waals surface area contributed by atoms with E-state index in [9.17, 15) is 0 Å². The van der Waals surface area contributed by atoms with Crippen molar-refractivity contribution in [3.8, 4) is 45.3 Å². The number of benzene rings is 7. The summed E-state index contributed by atoms with van der Waals surface area (Å²) in [5.41, 5.74) is 8.28. The van der Waals surface area contributed by atoms with E-state index >= 15 is 0 Å². The first-order valence-corrected chi connectivity index (χ1v) is 17.7. The largest absolute Gasteiger partial charge is 0.456 e. The van der Waals surface area contributed by atoms with E-state index in [4.69, 9.17) is 23.8 Å². The highest BCUT2D eigenvalue weighted by atomic mass is 32.1. The molecule has 238 valence electrons. The van der Waals surface area contributed by atoms with Crippen molar-refractivity contribution in [3.63, 3.8) is 0 Å². The lowest BCUT2D eigenvalue weighted by Gasteiger charge is -2.10. The van der Waals surface area contributed by atoms with Crippen LogP contribution in [0.25, 0.3) is 109 Å². The van der Waals surface area contributed by atoms with Crippen molar-refractivity contribution in [3.05, 3.63) is 152 Å². The predicted molar refractivity (Wildman–Crippen MR) is 209 cm³/mol. The molecule has 0 fully saturated rings. The molecule has 0 spiro atoms. The zero-order valence-corrected chi connectivity index (χ0v) is 27.8. The Kier molecular flexibility index (Phi) is 6.05. The van der Waals surface area contributed by atoms with E-state index in [0.29, 0.717) is 17.5 Å². The summed E-state index contributed by atoms with van der Waals surface area (Å²) in [6.45, 7) is 0. The first kappa shape index (κ1) is 28.2. The lowest BCUT2D eigenvalue weighted by molar-refractivity contribution is 0.669. The predicted octanol–water partition coefficient (Wildman–Crippen LogP) is 12.7. The van der Waals surface area contributed by atoms with Gasteiger partial charge in [-0.15, -0.1) is 11.3 Å². The minimum atomic E-state index is 0.571. The number of thiophene rings is 1. The molecule has 0 aliphatic carbocycles. The maximum Gasteiger partial charge on any atom is 0.167 e. The third-order valence-electron chi connectivity index (χ3n) is 9.75. The molecule has 0 bridgehead atoms. The quantitative estimate of drug-likeness (QED) is 0.186. The van der Waals surface area contributed by atoms with Gasteiger partial charge in [0.25, 0.3) is 0 Å². The van der Waals surface area contributed by atoms with Gasteiger partial charge < -0.3 is 8.83 Å². The Morgan fingerprint density at radius 1 is 0.392 bits per heavy atom. The van der Waals surface area contributed by atoms with Crippen LogP contribution in [0, 0.1) is 0 Å². The van der Waals surface area contributed by atoms with Crippen LogP contribution in [-0.4, -0.2) is 15.0 Å². The van der Waals surface area contributed by atoms with Gasteiger partial charge in [-0.25, -0.2) is 15.0 Å². The van der Waals surface area contributed by atoms with Crippen LogP contribution in [0.2, 0.25) is 0 Å². The number of furan rings is 2. The second-order valence-electron chi connectivity index (χ2n) is 12.8. The molecule has 11 aromatic rings. The van der Waals surface area contributed by atoms with Crippen molar-refractivity contribution in [1.29, 1.82) is 0 Å². The number of aromatic nitrogens is 3. The smallest absolute Gasteiger partial charge is 0.167 e. The Labute approximate surface area is 295 Å². The number of para-hydroxylation sites is 2. The monoisotopic (exact) mass is 671 g/mol. The number of hydrogen-bond donors (Lipinski definition) is 0. The maximum atomic E-state index is 6.65. The lowest BCUT2D eigenvalue weighted by Crippen LogP contribution is -2.00. The molecule has 0 N–H and O–H groups in total. The molecule has 0 saturated heterocycles. The van der Waals surface area contributed by atoms with Gasteiger partial charge in [0.15, 0.2) is 17.5 Å². The van der Waals surface area contributed by atoms with E-state index in [0.717, 1.165) is 71.7 Å². The second-order valence-corrected chi connectivity index (χ2v) is 13.8. The molecular weight excluding hydrogens is 647 g/mol. The fraction of sp³-hybridized carbons (Fsp3) is 0. The third kappa shape index (κ3) is 4.43. The van der Waals surface area contributed by atoms with Crippen LogP contribution in [-0.2, 0) is 0 Å². The second kappa shape index (κ2) is 10.9. The van der Waals surface area contributed by atoms with E-state index in [1.54, 1.807) is 11.3 Å². The molecule has 0 aliphatic rings. The van der Waals surface area contributed by atoms with Crippen LogP contribution >= 0.6 is 11.3 Å². The lowest BCUT2D eigenvalue weighted by atomic mass is 10.0. The van der Waals surface area contributed by atoms with Crippen molar-refractivity contribution in [2.45, 2.75) is 0 Å². The van der Waals surface area contributed by atoms with Gasteiger partial charge in [0.1, 0.15) is 22.3 Å². The van der Waals surface area contributed by atoms with Gasteiger partial charge in [-0.3, -0.25) is 0 Å². The van der Waals surface area contributed by atoms with Crippen LogP contribution in [0.4, 0.5) is 0 Å². The molecule has 11 rings (SSSR count). The van der Waals surface area contributed by atoms with Crippen LogP contribution in [0.1, 0.15) is 0 Å². The summed E-state index contributed by atoms with van der Waals surface area (Å²) in [6.07, 6.45) is 0. The third-order valence-corrected chi connectivity index (χ3v) is 11.0. The molecule has 0 radical (unpaired) electrons. The average molecular weight is 672 g/mol. The first-order chi connectivity index (χ1) is 25.2. The van der Waals surface area contributed by atoms with Gasteiger partial charge in [0.2, 0.25) is 0 Å². The molecule has 0 saturated carbocycles. The molecule has 0 unspecified atom stereocenters. The van der Waals surface area contributed by atoms with Gasteiger partial charge in [-0.2, -0.15) is 0 Å². The van der Waals surface area contributed by atoms with Crippen LogP contribution in [0.15, 0.2) is 160 Å². The summed E-state index contributed by atoms with van der Waals surface area (Å²) in [6, 6.07) is 52.1. The Morgan fingerprint density at radius 2 is 0.980 bits per heavy atom. The molecule has 0 amide bonds. The highest BCUT2D eigenvalue weighted by Crippen LogP contribution is 2.46. The van der Waals surface area contributed by atoms with Crippen molar-refractivity contribution in [2.24, 2.45) is 0 Å². The Balaban J connectivity index is 1.11. The zero-order valence-electron chi connectivity index (χ0n) is 27.0. The van der Waals surface area contributed by atoms with E-state index in [-0.39, 0.29) is 0 Å². The molecule has 5 nitrogen and oxygen atoms in total. The summed E-state index contributed by atoms with van der Waals surface area (Å²) in [7, 11) is 0. The molecule has 6 heteroatoms. The number of fused-ring (bicyclic) bond motifs is 10. The fourth-order valence-corrected chi connectivity index (χ4v) is 8.53. The van der Waals surface area contributed by atoms with E-state index < -0.39 is 0 Å². The molecule has 0 aliphatic heterocycles. The van der Waals surface area contributed by atoms with Gasteiger partial charge in [-0.1, -0.05) is 115 Å². The van der Waals surface area contributed by atoms with Crippen molar-refractivity contribution < 1.29 is 8.83 Å². The van der Waals surface area contributed by atoms with Crippen molar-refractivity contribution >= 4 is 75.4 Å². The molecular formula is C45H25N3O2S. The van der Waals surface area contributed by atoms with Crippen molar-refractivity contribution in [2.75, 3.05) is 0 Å². The average Bonchev–Trinajstić information content (AvgIpc) is 3.89. The van der Waals surface area contributed by atoms with Crippen LogP contribution in [0.3, 0.4) is 0 Å². The topological polar surface area (TPSA) is 65.0 Å². The van der Waals surface area contributed by atoms with Crippen LogP contribution < -0.4 is 0 Å². The SMILES string of the molecule is c1ccc(-c2nc(-c3ccc(-c4ccc5oc6ccccc6c5c4)cc3)nc(-c3cc4c5ccccc5sc4c4c3oc3ccccc34)n2)cc1. The molecule has 7 aromatic carbocycles. The van der Waals surface area contributed by atoms with Crippen molar-refractivity contribution in [1.82, 2.24) is 15.0 Å². The van der Waals surface area contributed by atoms with Gasteiger partial charge in [0.05, 0.1) is 5.56 Å². The normalized spacial score (nSPS) is 11.9. The minimum Gasteiger partial charge on any atom is -0.456 e. The highest BCUT2D eigenvalue weighted by molar-refractivity contribution is 7.26. The van der Waals surface area contributed by atoms with E-state index in [2.05, 4.69) is 91.0 Å². The molecule has 0 atom stereocenters. The van der Waals surface area contributed by atoms with Gasteiger partial charge >= 0.3 is 0 Å². The van der Waals surface area contributed by atoms with E-state index in [1.807, 2.05) is 60.7 Å². The Bertz CT molecular complexity index is 3140.